The minimum Gasteiger partial charge on any atom is -0.497 e. The molecular weight excluding hydrogens is 280 g/mol. The molecule has 0 aliphatic carbocycles. The number of carbonyl (C=O) groups excluding carboxylic acids is 1. The molecule has 1 fully saturated rings. The number of carbonyl (C=O) groups is 1. The van der Waals surface area contributed by atoms with Gasteiger partial charge in [-0.2, -0.15) is 0 Å². The second-order valence-electron chi connectivity index (χ2n) is 5.37. The SMILES string of the molecule is COc1ccc(OC2CCN(C(=O)c3ccc[nH]3)CC2)cc1. The molecule has 1 aliphatic heterocycles. The number of likely N-dealkylation sites (tertiary alicyclic amines) is 1. The third-order valence-corrected chi connectivity index (χ3v) is 3.92. The van der Waals surface area contributed by atoms with Gasteiger partial charge < -0.3 is 19.4 Å². The first-order chi connectivity index (χ1) is 10.8. The van der Waals surface area contributed by atoms with Crippen LogP contribution in [0.3, 0.4) is 0 Å². The van der Waals surface area contributed by atoms with Gasteiger partial charge in [0.25, 0.3) is 5.91 Å². The predicted molar refractivity (Wildman–Crippen MR) is 83.3 cm³/mol. The highest BCUT2D eigenvalue weighted by Gasteiger charge is 2.25. The van der Waals surface area contributed by atoms with Gasteiger partial charge in [-0.25, -0.2) is 0 Å². The molecule has 1 amide bonds. The number of amides is 1. The van der Waals surface area contributed by atoms with E-state index >= 15 is 0 Å². The number of aromatic amines is 1. The van der Waals surface area contributed by atoms with Crippen LogP contribution in [-0.4, -0.2) is 42.1 Å². The molecule has 0 unspecified atom stereocenters. The number of methoxy groups -OCH3 is 1. The summed E-state index contributed by atoms with van der Waals surface area (Å²) in [5, 5.41) is 0. The lowest BCUT2D eigenvalue weighted by Crippen LogP contribution is -2.41. The van der Waals surface area contributed by atoms with Crippen molar-refractivity contribution in [2.75, 3.05) is 20.2 Å². The Morgan fingerprint density at radius 1 is 1.14 bits per heavy atom. The van der Waals surface area contributed by atoms with E-state index < -0.39 is 0 Å². The molecule has 3 rings (SSSR count). The largest absolute Gasteiger partial charge is 0.497 e. The van der Waals surface area contributed by atoms with Gasteiger partial charge in [0.15, 0.2) is 0 Å². The summed E-state index contributed by atoms with van der Waals surface area (Å²) in [5.41, 5.74) is 0.648. The van der Waals surface area contributed by atoms with Crippen LogP contribution in [-0.2, 0) is 0 Å². The molecule has 1 saturated heterocycles. The Morgan fingerprint density at radius 3 is 2.41 bits per heavy atom. The lowest BCUT2D eigenvalue weighted by Gasteiger charge is -2.32. The van der Waals surface area contributed by atoms with Crippen molar-refractivity contribution in [3.63, 3.8) is 0 Å². The summed E-state index contributed by atoms with van der Waals surface area (Å²) in [4.78, 5) is 17.1. The molecule has 0 bridgehead atoms. The zero-order chi connectivity index (χ0) is 15.4. The van der Waals surface area contributed by atoms with Crippen LogP contribution in [0, 0.1) is 0 Å². The molecule has 2 aromatic rings. The first-order valence-electron chi connectivity index (χ1n) is 7.49. The van der Waals surface area contributed by atoms with Crippen molar-refractivity contribution in [1.29, 1.82) is 0 Å². The lowest BCUT2D eigenvalue weighted by atomic mass is 10.1. The van der Waals surface area contributed by atoms with E-state index in [1.807, 2.05) is 41.3 Å². The van der Waals surface area contributed by atoms with E-state index in [0.717, 1.165) is 37.4 Å². The number of nitrogens with zero attached hydrogens (tertiary/aromatic N) is 1. The van der Waals surface area contributed by atoms with Crippen LogP contribution < -0.4 is 9.47 Å². The molecular formula is C17H20N2O3. The lowest BCUT2D eigenvalue weighted by molar-refractivity contribution is 0.0590. The van der Waals surface area contributed by atoms with Crippen LogP contribution >= 0.6 is 0 Å². The van der Waals surface area contributed by atoms with Gasteiger partial charge in [0, 0.05) is 32.1 Å². The van der Waals surface area contributed by atoms with Gasteiger partial charge in [-0.3, -0.25) is 4.79 Å². The number of piperidine rings is 1. The Kier molecular flexibility index (Phi) is 4.32. The van der Waals surface area contributed by atoms with Gasteiger partial charge >= 0.3 is 0 Å². The van der Waals surface area contributed by atoms with E-state index in [2.05, 4.69) is 4.98 Å². The number of hydrogen-bond acceptors (Lipinski definition) is 3. The van der Waals surface area contributed by atoms with Gasteiger partial charge in [-0.15, -0.1) is 0 Å². The van der Waals surface area contributed by atoms with E-state index in [1.165, 1.54) is 0 Å². The molecule has 0 atom stereocenters. The van der Waals surface area contributed by atoms with E-state index in [1.54, 1.807) is 13.3 Å². The first kappa shape index (κ1) is 14.5. The van der Waals surface area contributed by atoms with Crippen LogP contribution in [0.2, 0.25) is 0 Å². The number of hydrogen-bond donors (Lipinski definition) is 1. The molecule has 1 aromatic heterocycles. The minimum atomic E-state index is 0.0629. The van der Waals surface area contributed by atoms with E-state index in [4.69, 9.17) is 9.47 Å². The molecule has 0 radical (unpaired) electrons. The fourth-order valence-corrected chi connectivity index (χ4v) is 2.66. The third-order valence-electron chi connectivity index (χ3n) is 3.92. The summed E-state index contributed by atoms with van der Waals surface area (Å²) in [6.07, 6.45) is 3.62. The van der Waals surface area contributed by atoms with Crippen molar-refractivity contribution in [3.8, 4) is 11.5 Å². The maximum Gasteiger partial charge on any atom is 0.270 e. The fourth-order valence-electron chi connectivity index (χ4n) is 2.66. The summed E-state index contributed by atoms with van der Waals surface area (Å²) in [6, 6.07) is 11.2. The monoisotopic (exact) mass is 300 g/mol. The standard InChI is InChI=1S/C17H20N2O3/c1-21-13-4-6-14(7-5-13)22-15-8-11-19(12-9-15)17(20)16-3-2-10-18-16/h2-7,10,15,18H,8-9,11-12H2,1H3. The highest BCUT2D eigenvalue weighted by molar-refractivity contribution is 5.92. The Hall–Kier alpha value is -2.43. The molecule has 22 heavy (non-hydrogen) atoms. The average Bonchev–Trinajstić information content (AvgIpc) is 3.10. The van der Waals surface area contributed by atoms with Crippen LogP contribution in [0.15, 0.2) is 42.6 Å². The Labute approximate surface area is 129 Å². The molecule has 1 aliphatic rings. The number of H-pyrrole nitrogens is 1. The van der Waals surface area contributed by atoms with Gasteiger partial charge in [0.1, 0.15) is 23.3 Å². The minimum absolute atomic E-state index is 0.0629. The molecule has 1 N–H and O–H groups in total. The molecule has 5 nitrogen and oxygen atoms in total. The highest BCUT2D eigenvalue weighted by atomic mass is 16.5. The second kappa shape index (κ2) is 6.56. The van der Waals surface area contributed by atoms with Gasteiger partial charge in [-0.05, 0) is 36.4 Å². The zero-order valence-electron chi connectivity index (χ0n) is 12.6. The van der Waals surface area contributed by atoms with Crippen LogP contribution in [0.25, 0.3) is 0 Å². The predicted octanol–water partition coefficient (Wildman–Crippen LogP) is 2.71. The van der Waals surface area contributed by atoms with Crippen molar-refractivity contribution in [2.24, 2.45) is 0 Å². The molecule has 116 valence electrons. The summed E-state index contributed by atoms with van der Waals surface area (Å²) in [6.45, 7) is 1.44. The summed E-state index contributed by atoms with van der Waals surface area (Å²) in [5.74, 6) is 1.72. The molecule has 2 heterocycles. The number of ether oxygens (including phenoxy) is 2. The average molecular weight is 300 g/mol. The molecule has 0 spiro atoms. The van der Waals surface area contributed by atoms with E-state index in [9.17, 15) is 4.79 Å². The van der Waals surface area contributed by atoms with Crippen LogP contribution in [0.4, 0.5) is 0 Å². The summed E-state index contributed by atoms with van der Waals surface area (Å²) < 4.78 is 11.1. The van der Waals surface area contributed by atoms with Crippen molar-refractivity contribution < 1.29 is 14.3 Å². The molecule has 1 aromatic carbocycles. The number of aromatic nitrogens is 1. The second-order valence-corrected chi connectivity index (χ2v) is 5.37. The Morgan fingerprint density at radius 2 is 1.82 bits per heavy atom. The maximum atomic E-state index is 12.2. The number of nitrogens with one attached hydrogen (secondary N) is 1. The van der Waals surface area contributed by atoms with Gasteiger partial charge in [-0.1, -0.05) is 0 Å². The van der Waals surface area contributed by atoms with Gasteiger partial charge in [0.05, 0.1) is 7.11 Å². The van der Waals surface area contributed by atoms with Crippen molar-refractivity contribution in [2.45, 2.75) is 18.9 Å². The van der Waals surface area contributed by atoms with E-state index in [-0.39, 0.29) is 12.0 Å². The normalized spacial score (nSPS) is 15.6. The van der Waals surface area contributed by atoms with Crippen LogP contribution in [0.5, 0.6) is 11.5 Å². The molecule has 5 heteroatoms. The fraction of sp³-hybridized carbons (Fsp3) is 0.353. The maximum absolute atomic E-state index is 12.2. The molecule has 0 saturated carbocycles. The third kappa shape index (κ3) is 3.24. The number of rotatable bonds is 4. The Balaban J connectivity index is 1.52. The van der Waals surface area contributed by atoms with Gasteiger partial charge in [0.2, 0.25) is 0 Å². The number of benzene rings is 1. The van der Waals surface area contributed by atoms with Crippen molar-refractivity contribution in [1.82, 2.24) is 9.88 Å². The quantitative estimate of drug-likeness (QED) is 0.944. The topological polar surface area (TPSA) is 54.6 Å². The Bertz CT molecular complexity index is 599. The first-order valence-corrected chi connectivity index (χ1v) is 7.49. The summed E-state index contributed by atoms with van der Waals surface area (Å²) in [7, 11) is 1.65. The smallest absolute Gasteiger partial charge is 0.270 e. The zero-order valence-corrected chi connectivity index (χ0v) is 12.6. The van der Waals surface area contributed by atoms with Crippen molar-refractivity contribution in [3.05, 3.63) is 48.3 Å². The highest BCUT2D eigenvalue weighted by Crippen LogP contribution is 2.22. The van der Waals surface area contributed by atoms with E-state index in [0.29, 0.717) is 5.69 Å². The summed E-state index contributed by atoms with van der Waals surface area (Å²) >= 11 is 0. The van der Waals surface area contributed by atoms with Crippen LogP contribution in [0.1, 0.15) is 23.3 Å². The van der Waals surface area contributed by atoms with Crippen molar-refractivity contribution >= 4 is 5.91 Å².